The van der Waals surface area contributed by atoms with E-state index in [4.69, 9.17) is 0 Å². The third-order valence-electron chi connectivity index (χ3n) is 2.37. The van der Waals surface area contributed by atoms with Crippen LogP contribution in [0.4, 0.5) is 0 Å². The molecule has 0 fully saturated rings. The molecule has 0 aromatic heterocycles. The Hall–Kier alpha value is -0.660. The van der Waals surface area contributed by atoms with E-state index in [9.17, 15) is 0 Å². The Morgan fingerprint density at radius 2 is 2.33 bits per heavy atom. The van der Waals surface area contributed by atoms with E-state index in [2.05, 4.69) is 30.3 Å². The number of hydrogen-bond acceptors (Lipinski definition) is 2. The minimum Gasteiger partial charge on any atom is -0.388 e. The van der Waals surface area contributed by atoms with Gasteiger partial charge in [0.25, 0.3) is 0 Å². The van der Waals surface area contributed by atoms with Gasteiger partial charge in [0.1, 0.15) is 0 Å². The Morgan fingerprint density at radius 3 is 3.00 bits per heavy atom. The van der Waals surface area contributed by atoms with E-state index < -0.39 is 0 Å². The van der Waals surface area contributed by atoms with Crippen LogP contribution >= 0.6 is 0 Å². The number of allylic oxidation sites excluding steroid dienone is 1. The summed E-state index contributed by atoms with van der Waals surface area (Å²) in [6, 6.07) is 0. The summed E-state index contributed by atoms with van der Waals surface area (Å²) >= 11 is 0. The molecule has 12 heavy (non-hydrogen) atoms. The lowest BCUT2D eigenvalue weighted by atomic mass is 10.2. The van der Waals surface area contributed by atoms with E-state index in [1.165, 1.54) is 38.0 Å². The van der Waals surface area contributed by atoms with E-state index in [1.807, 2.05) is 0 Å². The normalized spacial score (nSPS) is 17.2. The molecule has 70 valence electrons. The highest BCUT2D eigenvalue weighted by Gasteiger charge is 2.07. The lowest BCUT2D eigenvalue weighted by Crippen LogP contribution is -2.35. The summed E-state index contributed by atoms with van der Waals surface area (Å²) in [6.07, 6.45) is 6.13. The van der Waals surface area contributed by atoms with Gasteiger partial charge in [-0.25, -0.2) is 0 Å². The number of unbranched alkanes of at least 4 members (excludes halogenated alkanes) is 2. The van der Waals surface area contributed by atoms with Crippen LogP contribution in [0.15, 0.2) is 11.9 Å². The molecule has 0 amide bonds. The van der Waals surface area contributed by atoms with Gasteiger partial charge in [-0.1, -0.05) is 19.8 Å². The Bertz CT molecular complexity index is 152. The molecule has 1 aliphatic rings. The number of nitrogens with zero attached hydrogens (tertiary/aromatic N) is 1. The number of rotatable bonds is 4. The first kappa shape index (κ1) is 9.43. The summed E-state index contributed by atoms with van der Waals surface area (Å²) in [4.78, 5) is 2.46. The van der Waals surface area contributed by atoms with Gasteiger partial charge in [-0.2, -0.15) is 0 Å². The van der Waals surface area contributed by atoms with E-state index in [0.717, 1.165) is 6.54 Å². The van der Waals surface area contributed by atoms with Gasteiger partial charge in [0, 0.05) is 31.5 Å². The summed E-state index contributed by atoms with van der Waals surface area (Å²) in [5.41, 5.74) is 1.39. The maximum atomic E-state index is 3.25. The molecule has 0 saturated carbocycles. The molecular formula is C10H20N2. The third kappa shape index (κ3) is 2.76. The number of nitrogens with one attached hydrogen (secondary N) is 1. The van der Waals surface area contributed by atoms with Crippen molar-refractivity contribution < 1.29 is 0 Å². The molecule has 1 rings (SSSR count). The first-order valence-electron chi connectivity index (χ1n) is 4.99. The predicted octanol–water partition coefficient (Wildman–Crippen LogP) is 1.94. The van der Waals surface area contributed by atoms with Crippen LogP contribution in [-0.4, -0.2) is 24.5 Å². The van der Waals surface area contributed by atoms with Gasteiger partial charge in [-0.3, -0.25) is 0 Å². The fourth-order valence-electron chi connectivity index (χ4n) is 1.53. The van der Waals surface area contributed by atoms with Gasteiger partial charge in [0.2, 0.25) is 0 Å². The summed E-state index contributed by atoms with van der Waals surface area (Å²) in [5.74, 6) is 0. The highest BCUT2D eigenvalue weighted by atomic mass is 15.2. The van der Waals surface area contributed by atoms with Crippen molar-refractivity contribution >= 4 is 0 Å². The molecular weight excluding hydrogens is 148 g/mol. The highest BCUT2D eigenvalue weighted by molar-refractivity contribution is 4.99. The van der Waals surface area contributed by atoms with Gasteiger partial charge in [0.15, 0.2) is 0 Å². The fourth-order valence-corrected chi connectivity index (χ4v) is 1.53. The molecule has 0 spiro atoms. The van der Waals surface area contributed by atoms with Crippen molar-refractivity contribution in [2.75, 3.05) is 19.6 Å². The van der Waals surface area contributed by atoms with Gasteiger partial charge in [0.05, 0.1) is 0 Å². The Morgan fingerprint density at radius 1 is 1.50 bits per heavy atom. The van der Waals surface area contributed by atoms with E-state index in [-0.39, 0.29) is 0 Å². The molecule has 2 heteroatoms. The average molecular weight is 168 g/mol. The van der Waals surface area contributed by atoms with Crippen molar-refractivity contribution in [2.45, 2.75) is 33.1 Å². The molecule has 0 unspecified atom stereocenters. The Balaban J connectivity index is 2.21. The predicted molar refractivity (Wildman–Crippen MR) is 52.9 cm³/mol. The summed E-state index contributed by atoms with van der Waals surface area (Å²) in [6.45, 7) is 7.94. The van der Waals surface area contributed by atoms with Crippen LogP contribution in [0.25, 0.3) is 0 Å². The van der Waals surface area contributed by atoms with E-state index >= 15 is 0 Å². The largest absolute Gasteiger partial charge is 0.388 e. The molecule has 2 nitrogen and oxygen atoms in total. The molecule has 0 aliphatic carbocycles. The molecule has 1 aliphatic heterocycles. The molecule has 0 saturated heterocycles. The highest BCUT2D eigenvalue weighted by Crippen LogP contribution is 2.07. The second kappa shape index (κ2) is 5.07. The van der Waals surface area contributed by atoms with Gasteiger partial charge < -0.3 is 10.2 Å². The lowest BCUT2D eigenvalue weighted by Gasteiger charge is -2.29. The average Bonchev–Trinajstić information content (AvgIpc) is 2.09. The Labute approximate surface area is 75.6 Å². The van der Waals surface area contributed by atoms with Crippen LogP contribution in [0.2, 0.25) is 0 Å². The zero-order valence-corrected chi connectivity index (χ0v) is 8.27. The van der Waals surface area contributed by atoms with Crippen LogP contribution in [0.1, 0.15) is 33.1 Å². The molecule has 1 heterocycles. The SMILES string of the molecule is CCCCCN1CCNC=C1C. The van der Waals surface area contributed by atoms with E-state index in [1.54, 1.807) is 0 Å². The van der Waals surface area contributed by atoms with Crippen molar-refractivity contribution in [3.63, 3.8) is 0 Å². The number of hydrogen-bond donors (Lipinski definition) is 1. The van der Waals surface area contributed by atoms with Crippen LogP contribution in [0.5, 0.6) is 0 Å². The molecule has 1 N–H and O–H groups in total. The zero-order valence-electron chi connectivity index (χ0n) is 8.27. The zero-order chi connectivity index (χ0) is 8.81. The molecule has 0 atom stereocenters. The first-order chi connectivity index (χ1) is 5.84. The van der Waals surface area contributed by atoms with Crippen molar-refractivity contribution in [1.29, 1.82) is 0 Å². The minimum absolute atomic E-state index is 1.10. The standard InChI is InChI=1S/C10H20N2/c1-3-4-5-7-12-8-6-11-9-10(12)2/h9,11H,3-8H2,1-2H3. The van der Waals surface area contributed by atoms with Crippen LogP contribution < -0.4 is 5.32 Å². The van der Waals surface area contributed by atoms with Crippen molar-refractivity contribution in [3.8, 4) is 0 Å². The maximum Gasteiger partial charge on any atom is 0.0348 e. The second-order valence-electron chi connectivity index (χ2n) is 3.43. The smallest absolute Gasteiger partial charge is 0.0348 e. The third-order valence-corrected chi connectivity index (χ3v) is 2.37. The molecule has 0 radical (unpaired) electrons. The van der Waals surface area contributed by atoms with Crippen LogP contribution in [0, 0.1) is 0 Å². The van der Waals surface area contributed by atoms with Crippen molar-refractivity contribution in [1.82, 2.24) is 10.2 Å². The van der Waals surface area contributed by atoms with Crippen LogP contribution in [-0.2, 0) is 0 Å². The fraction of sp³-hybridized carbons (Fsp3) is 0.800. The molecule has 0 aromatic rings. The maximum absolute atomic E-state index is 3.25. The van der Waals surface area contributed by atoms with Crippen molar-refractivity contribution in [2.24, 2.45) is 0 Å². The quantitative estimate of drug-likeness (QED) is 0.645. The topological polar surface area (TPSA) is 15.3 Å². The van der Waals surface area contributed by atoms with Gasteiger partial charge >= 0.3 is 0 Å². The molecule has 0 aromatic carbocycles. The monoisotopic (exact) mass is 168 g/mol. The van der Waals surface area contributed by atoms with Gasteiger partial charge in [-0.05, 0) is 13.3 Å². The van der Waals surface area contributed by atoms with Crippen molar-refractivity contribution in [3.05, 3.63) is 11.9 Å². The van der Waals surface area contributed by atoms with E-state index in [0.29, 0.717) is 0 Å². The summed E-state index contributed by atoms with van der Waals surface area (Å²) in [7, 11) is 0. The van der Waals surface area contributed by atoms with Gasteiger partial charge in [-0.15, -0.1) is 0 Å². The minimum atomic E-state index is 1.10. The summed E-state index contributed by atoms with van der Waals surface area (Å²) in [5, 5.41) is 3.25. The Kier molecular flexibility index (Phi) is 3.98. The first-order valence-corrected chi connectivity index (χ1v) is 4.99. The second-order valence-corrected chi connectivity index (χ2v) is 3.43. The summed E-state index contributed by atoms with van der Waals surface area (Å²) < 4.78 is 0. The lowest BCUT2D eigenvalue weighted by molar-refractivity contribution is 0.320. The molecule has 0 bridgehead atoms. The van der Waals surface area contributed by atoms with Crippen LogP contribution in [0.3, 0.4) is 0 Å².